The van der Waals surface area contributed by atoms with E-state index in [2.05, 4.69) is 15.5 Å². The summed E-state index contributed by atoms with van der Waals surface area (Å²) >= 11 is 1.99. The Kier molecular flexibility index (Phi) is 2.84. The largest absolute Gasteiger partial charge is 0.328 e. The molecule has 5 heteroatoms. The van der Waals surface area contributed by atoms with Crippen molar-refractivity contribution in [3.63, 3.8) is 0 Å². The average molecular weight is 292 g/mol. The smallest absolute Gasteiger partial charge is 0.162 e. The van der Waals surface area contributed by atoms with Gasteiger partial charge in [-0.25, -0.2) is 0 Å². The first-order valence-electron chi connectivity index (χ1n) is 8.45. The molecule has 3 heterocycles. The van der Waals surface area contributed by atoms with Gasteiger partial charge in [-0.3, -0.25) is 15.6 Å². The second-order valence-electron chi connectivity index (χ2n) is 7.05. The van der Waals surface area contributed by atoms with Gasteiger partial charge in [-0.2, -0.15) is 0 Å². The standard InChI is InChI=1S/C15H24N4S/c1-2-6-10-9(5-1)16-13-14(17-10)20-15-18-11-7-3-4-8-12(11)19(13)15/h9-14,16-17H,1-8H2. The summed E-state index contributed by atoms with van der Waals surface area (Å²) in [4.78, 5) is 7.69. The van der Waals surface area contributed by atoms with E-state index in [4.69, 9.17) is 4.99 Å². The van der Waals surface area contributed by atoms with E-state index in [1.54, 1.807) is 0 Å². The lowest BCUT2D eigenvalue weighted by Gasteiger charge is -2.46. The molecular weight excluding hydrogens is 268 g/mol. The quantitative estimate of drug-likeness (QED) is 0.715. The molecule has 0 amide bonds. The monoisotopic (exact) mass is 292 g/mol. The van der Waals surface area contributed by atoms with Crippen LogP contribution in [0.1, 0.15) is 51.4 Å². The highest BCUT2D eigenvalue weighted by Gasteiger charge is 2.52. The van der Waals surface area contributed by atoms with Crippen molar-refractivity contribution in [3.05, 3.63) is 0 Å². The highest BCUT2D eigenvalue weighted by atomic mass is 32.2. The summed E-state index contributed by atoms with van der Waals surface area (Å²) < 4.78 is 0. The van der Waals surface area contributed by atoms with E-state index in [9.17, 15) is 0 Å². The van der Waals surface area contributed by atoms with E-state index >= 15 is 0 Å². The summed E-state index contributed by atoms with van der Waals surface area (Å²) in [5.74, 6) is 0. The van der Waals surface area contributed by atoms with Crippen LogP contribution in [0.2, 0.25) is 0 Å². The summed E-state index contributed by atoms with van der Waals surface area (Å²) in [5, 5.41) is 9.76. The van der Waals surface area contributed by atoms with Crippen molar-refractivity contribution in [3.8, 4) is 0 Å². The number of hydrogen-bond acceptors (Lipinski definition) is 5. The van der Waals surface area contributed by atoms with Gasteiger partial charge < -0.3 is 4.90 Å². The molecule has 20 heavy (non-hydrogen) atoms. The minimum atomic E-state index is 0.492. The maximum atomic E-state index is 5.04. The van der Waals surface area contributed by atoms with Gasteiger partial charge in [0, 0.05) is 12.1 Å². The number of nitrogens with one attached hydrogen (secondary N) is 2. The Labute approximate surface area is 125 Å². The maximum Gasteiger partial charge on any atom is 0.162 e. The number of amidine groups is 1. The van der Waals surface area contributed by atoms with Gasteiger partial charge >= 0.3 is 0 Å². The topological polar surface area (TPSA) is 39.7 Å². The molecule has 110 valence electrons. The molecule has 0 bridgehead atoms. The molecule has 6 atom stereocenters. The Morgan fingerprint density at radius 2 is 1.70 bits per heavy atom. The lowest BCUT2D eigenvalue weighted by molar-refractivity contribution is 0.103. The second kappa shape index (κ2) is 4.62. The van der Waals surface area contributed by atoms with E-state index < -0.39 is 0 Å². The van der Waals surface area contributed by atoms with Crippen LogP contribution in [0.15, 0.2) is 4.99 Å². The molecule has 2 aliphatic carbocycles. The van der Waals surface area contributed by atoms with Crippen molar-refractivity contribution in [1.82, 2.24) is 15.5 Å². The van der Waals surface area contributed by atoms with Gasteiger partial charge in [0.15, 0.2) is 5.17 Å². The first kappa shape index (κ1) is 12.3. The van der Waals surface area contributed by atoms with Gasteiger partial charge in [0.05, 0.1) is 17.5 Å². The molecule has 3 aliphatic heterocycles. The summed E-state index contributed by atoms with van der Waals surface area (Å²) in [6, 6.07) is 2.67. The van der Waals surface area contributed by atoms with Gasteiger partial charge in [-0.1, -0.05) is 37.4 Å². The highest BCUT2D eigenvalue weighted by molar-refractivity contribution is 8.14. The van der Waals surface area contributed by atoms with Crippen LogP contribution >= 0.6 is 11.8 Å². The fraction of sp³-hybridized carbons (Fsp3) is 0.933. The number of nitrogens with zero attached hydrogens (tertiary/aromatic N) is 2. The highest BCUT2D eigenvalue weighted by Crippen LogP contribution is 2.43. The van der Waals surface area contributed by atoms with Crippen molar-refractivity contribution in [2.45, 2.75) is 87.1 Å². The number of piperazine rings is 1. The third-order valence-electron chi connectivity index (χ3n) is 5.90. The zero-order chi connectivity index (χ0) is 13.1. The van der Waals surface area contributed by atoms with Crippen LogP contribution in [0, 0.1) is 0 Å². The van der Waals surface area contributed by atoms with Crippen LogP contribution in [0.5, 0.6) is 0 Å². The van der Waals surface area contributed by atoms with Crippen LogP contribution < -0.4 is 10.6 Å². The number of hydrogen-bond donors (Lipinski definition) is 2. The summed E-state index contributed by atoms with van der Waals surface area (Å²) in [6.07, 6.45) is 11.4. The van der Waals surface area contributed by atoms with E-state index in [0.29, 0.717) is 35.7 Å². The fourth-order valence-corrected chi connectivity index (χ4v) is 6.29. The van der Waals surface area contributed by atoms with E-state index in [1.165, 1.54) is 56.5 Å². The van der Waals surface area contributed by atoms with Crippen LogP contribution in [0.3, 0.4) is 0 Å². The number of aliphatic imine (C=N–C) groups is 1. The first-order chi connectivity index (χ1) is 9.90. The van der Waals surface area contributed by atoms with E-state index in [-0.39, 0.29) is 0 Å². The molecule has 4 nitrogen and oxygen atoms in total. The number of rotatable bonds is 0. The summed E-state index contributed by atoms with van der Waals surface area (Å²) in [5.41, 5.74) is 0. The molecule has 2 saturated carbocycles. The maximum absolute atomic E-state index is 5.04. The molecule has 2 saturated heterocycles. The van der Waals surface area contributed by atoms with Crippen LogP contribution in [0.25, 0.3) is 0 Å². The van der Waals surface area contributed by atoms with Gasteiger partial charge in [0.1, 0.15) is 6.17 Å². The van der Waals surface area contributed by atoms with Gasteiger partial charge in [-0.05, 0) is 25.7 Å². The summed E-state index contributed by atoms with van der Waals surface area (Å²) in [7, 11) is 0. The van der Waals surface area contributed by atoms with Crippen LogP contribution in [-0.2, 0) is 0 Å². The predicted octanol–water partition coefficient (Wildman–Crippen LogP) is 1.87. The van der Waals surface area contributed by atoms with E-state index in [1.807, 2.05) is 11.8 Å². The lowest BCUT2D eigenvalue weighted by Crippen LogP contribution is -2.68. The first-order valence-corrected chi connectivity index (χ1v) is 9.33. The Morgan fingerprint density at radius 3 is 2.60 bits per heavy atom. The minimum Gasteiger partial charge on any atom is -0.328 e. The SMILES string of the molecule is C1CCC2C(C1)N=C1SC3NC4CCCCC4NC3N12. The van der Waals surface area contributed by atoms with Gasteiger partial charge in [0.2, 0.25) is 0 Å². The van der Waals surface area contributed by atoms with Crippen molar-refractivity contribution in [2.24, 2.45) is 4.99 Å². The molecule has 0 spiro atoms. The fourth-order valence-electron chi connectivity index (χ4n) is 4.91. The zero-order valence-electron chi connectivity index (χ0n) is 11.9. The predicted molar refractivity (Wildman–Crippen MR) is 82.8 cm³/mol. The molecule has 4 fully saturated rings. The third-order valence-corrected chi connectivity index (χ3v) is 7.07. The van der Waals surface area contributed by atoms with Crippen molar-refractivity contribution >= 4 is 16.9 Å². The normalized spacial score (nSPS) is 50.0. The number of fused-ring (bicyclic) bond motifs is 6. The second-order valence-corrected chi connectivity index (χ2v) is 8.16. The van der Waals surface area contributed by atoms with Gasteiger partial charge in [0.25, 0.3) is 0 Å². The Balaban J connectivity index is 1.41. The lowest BCUT2D eigenvalue weighted by atomic mass is 9.87. The minimum absolute atomic E-state index is 0.492. The zero-order valence-corrected chi connectivity index (χ0v) is 12.7. The van der Waals surface area contributed by atoms with E-state index in [0.717, 1.165) is 0 Å². The van der Waals surface area contributed by atoms with Crippen molar-refractivity contribution in [2.75, 3.05) is 0 Å². The molecular formula is C15H24N4S. The molecule has 5 aliphatic rings. The Hall–Kier alpha value is -0.260. The van der Waals surface area contributed by atoms with Crippen molar-refractivity contribution in [1.29, 1.82) is 0 Å². The van der Waals surface area contributed by atoms with Crippen LogP contribution in [-0.4, -0.2) is 45.8 Å². The molecule has 5 rings (SSSR count). The summed E-state index contributed by atoms with van der Waals surface area (Å²) in [6.45, 7) is 0. The molecule has 0 aromatic heterocycles. The Bertz CT molecular complexity index is 440. The van der Waals surface area contributed by atoms with Crippen LogP contribution in [0.4, 0.5) is 0 Å². The number of thioether (sulfide) groups is 1. The molecule has 0 radical (unpaired) electrons. The molecule has 2 N–H and O–H groups in total. The average Bonchev–Trinajstić information content (AvgIpc) is 3.00. The molecule has 0 aromatic rings. The van der Waals surface area contributed by atoms with Crippen molar-refractivity contribution < 1.29 is 0 Å². The molecule has 0 aromatic carbocycles. The molecule has 6 unspecified atom stereocenters. The third kappa shape index (κ3) is 1.72. The Morgan fingerprint density at radius 1 is 0.950 bits per heavy atom. The van der Waals surface area contributed by atoms with Gasteiger partial charge in [-0.15, -0.1) is 0 Å².